The van der Waals surface area contributed by atoms with Crippen molar-refractivity contribution in [2.24, 2.45) is 0 Å². The normalized spacial score (nSPS) is 10.1. The third-order valence-electron chi connectivity index (χ3n) is 2.14. The van der Waals surface area contributed by atoms with Crippen molar-refractivity contribution in [3.8, 4) is 0 Å². The lowest BCUT2D eigenvalue weighted by atomic mass is 10.0. The van der Waals surface area contributed by atoms with Gasteiger partial charge < -0.3 is 0 Å². The summed E-state index contributed by atoms with van der Waals surface area (Å²) in [5.41, 5.74) is 0.849. The number of benzene rings is 1. The van der Waals surface area contributed by atoms with Gasteiger partial charge in [-0.2, -0.15) is 0 Å². The third kappa shape index (κ3) is 2.08. The molecule has 0 bridgehead atoms. The van der Waals surface area contributed by atoms with Crippen LogP contribution in [0.3, 0.4) is 0 Å². The molecule has 4 heteroatoms. The monoisotopic (exact) mass is 251 g/mol. The van der Waals surface area contributed by atoms with Crippen LogP contribution in [0.1, 0.15) is 15.9 Å². The minimum atomic E-state index is -0.196. The van der Waals surface area contributed by atoms with Gasteiger partial charge in [0.25, 0.3) is 0 Å². The first-order valence-corrected chi connectivity index (χ1v) is 5.34. The molecule has 0 amide bonds. The van der Waals surface area contributed by atoms with Gasteiger partial charge in [-0.1, -0.05) is 35.3 Å². The van der Waals surface area contributed by atoms with E-state index >= 15 is 0 Å². The van der Waals surface area contributed by atoms with E-state index in [2.05, 4.69) is 4.98 Å². The Balaban J connectivity index is 2.48. The standard InChI is InChI=1S/C12H7Cl2NO/c13-10-4-2-1-3-8(10)12(16)9-5-6-15-7-11(9)14/h1-7H. The Bertz CT molecular complexity index is 493. The molecule has 16 heavy (non-hydrogen) atoms. The average molecular weight is 252 g/mol. The second-order valence-electron chi connectivity index (χ2n) is 3.16. The van der Waals surface area contributed by atoms with Crippen molar-refractivity contribution in [2.75, 3.05) is 0 Å². The number of hydrogen-bond acceptors (Lipinski definition) is 2. The number of rotatable bonds is 2. The highest BCUT2D eigenvalue weighted by Gasteiger charge is 2.14. The molecular weight excluding hydrogens is 245 g/mol. The molecule has 0 unspecified atom stereocenters. The van der Waals surface area contributed by atoms with E-state index in [9.17, 15) is 4.79 Å². The molecule has 0 saturated carbocycles. The zero-order valence-corrected chi connectivity index (χ0v) is 9.66. The molecule has 0 aliphatic heterocycles. The fraction of sp³-hybridized carbons (Fsp3) is 0. The molecule has 0 atom stereocenters. The van der Waals surface area contributed by atoms with Crippen LogP contribution in [-0.4, -0.2) is 10.8 Å². The van der Waals surface area contributed by atoms with Gasteiger partial charge in [0.1, 0.15) is 0 Å². The van der Waals surface area contributed by atoms with Crippen LogP contribution in [-0.2, 0) is 0 Å². The fourth-order valence-electron chi connectivity index (χ4n) is 1.35. The predicted molar refractivity (Wildman–Crippen MR) is 64.1 cm³/mol. The van der Waals surface area contributed by atoms with Gasteiger partial charge >= 0.3 is 0 Å². The first kappa shape index (κ1) is 11.1. The molecule has 0 spiro atoms. The lowest BCUT2D eigenvalue weighted by Crippen LogP contribution is -2.03. The fourth-order valence-corrected chi connectivity index (χ4v) is 1.78. The second-order valence-corrected chi connectivity index (χ2v) is 3.98. The van der Waals surface area contributed by atoms with Crippen molar-refractivity contribution in [1.29, 1.82) is 0 Å². The summed E-state index contributed by atoms with van der Waals surface area (Å²) < 4.78 is 0. The van der Waals surface area contributed by atoms with Gasteiger partial charge in [-0.05, 0) is 18.2 Å². The van der Waals surface area contributed by atoms with Crippen molar-refractivity contribution >= 4 is 29.0 Å². The van der Waals surface area contributed by atoms with Crippen molar-refractivity contribution in [3.63, 3.8) is 0 Å². The maximum atomic E-state index is 12.1. The maximum absolute atomic E-state index is 12.1. The Morgan fingerprint density at radius 3 is 2.38 bits per heavy atom. The quantitative estimate of drug-likeness (QED) is 0.764. The summed E-state index contributed by atoms with van der Waals surface area (Å²) in [4.78, 5) is 15.9. The van der Waals surface area contributed by atoms with E-state index < -0.39 is 0 Å². The summed E-state index contributed by atoms with van der Waals surface area (Å²) in [6.45, 7) is 0. The van der Waals surface area contributed by atoms with Gasteiger partial charge in [0.2, 0.25) is 0 Å². The van der Waals surface area contributed by atoms with Gasteiger partial charge in [0.15, 0.2) is 5.78 Å². The van der Waals surface area contributed by atoms with E-state index in [1.165, 1.54) is 12.4 Å². The first-order chi connectivity index (χ1) is 7.70. The lowest BCUT2D eigenvalue weighted by Gasteiger charge is -2.04. The van der Waals surface area contributed by atoms with Crippen LogP contribution in [0.2, 0.25) is 10.0 Å². The van der Waals surface area contributed by atoms with E-state index in [-0.39, 0.29) is 5.78 Å². The summed E-state index contributed by atoms with van der Waals surface area (Å²) in [7, 11) is 0. The molecule has 0 fully saturated rings. The predicted octanol–water partition coefficient (Wildman–Crippen LogP) is 3.62. The van der Waals surface area contributed by atoms with Crippen molar-refractivity contribution in [2.45, 2.75) is 0 Å². The first-order valence-electron chi connectivity index (χ1n) is 4.59. The summed E-state index contributed by atoms with van der Waals surface area (Å²) in [6.07, 6.45) is 2.96. The highest BCUT2D eigenvalue weighted by atomic mass is 35.5. The molecule has 0 saturated heterocycles. The summed E-state index contributed by atoms with van der Waals surface area (Å²) in [5.74, 6) is -0.196. The zero-order valence-electron chi connectivity index (χ0n) is 8.15. The van der Waals surface area contributed by atoms with Gasteiger partial charge in [0, 0.05) is 23.5 Å². The number of halogens is 2. The summed E-state index contributed by atoms with van der Waals surface area (Å²) >= 11 is 11.8. The minimum absolute atomic E-state index is 0.196. The number of nitrogens with zero attached hydrogens (tertiary/aromatic N) is 1. The van der Waals surface area contributed by atoms with E-state index in [1.54, 1.807) is 30.3 Å². The SMILES string of the molecule is O=C(c1ccccc1Cl)c1ccncc1Cl. The van der Waals surface area contributed by atoms with Crippen molar-refractivity contribution in [3.05, 3.63) is 63.9 Å². The summed E-state index contributed by atoms with van der Waals surface area (Å²) in [6, 6.07) is 8.45. The van der Waals surface area contributed by atoms with Crippen molar-refractivity contribution in [1.82, 2.24) is 4.98 Å². The molecule has 0 aliphatic rings. The maximum Gasteiger partial charge on any atom is 0.196 e. The number of hydrogen-bond donors (Lipinski definition) is 0. The van der Waals surface area contributed by atoms with Crippen LogP contribution in [0.15, 0.2) is 42.7 Å². The number of carbonyl (C=O) groups excluding carboxylic acids is 1. The largest absolute Gasteiger partial charge is 0.288 e. The van der Waals surface area contributed by atoms with Gasteiger partial charge in [0.05, 0.1) is 10.0 Å². The number of carbonyl (C=O) groups is 1. The molecule has 2 aromatic rings. The van der Waals surface area contributed by atoms with Crippen LogP contribution >= 0.6 is 23.2 Å². The number of ketones is 1. The highest BCUT2D eigenvalue weighted by molar-refractivity contribution is 6.38. The Morgan fingerprint density at radius 1 is 1.00 bits per heavy atom. The topological polar surface area (TPSA) is 30.0 Å². The van der Waals surface area contributed by atoms with E-state index in [4.69, 9.17) is 23.2 Å². The second kappa shape index (κ2) is 4.64. The Labute approximate surface area is 103 Å². The Kier molecular flexibility index (Phi) is 3.22. The van der Waals surface area contributed by atoms with E-state index in [1.807, 2.05) is 0 Å². The Hall–Kier alpha value is -1.38. The molecule has 1 heterocycles. The molecular formula is C12H7Cl2NO. The van der Waals surface area contributed by atoms with E-state index in [0.717, 1.165) is 0 Å². The zero-order chi connectivity index (χ0) is 11.5. The number of aromatic nitrogens is 1. The van der Waals surface area contributed by atoms with Crippen LogP contribution in [0.25, 0.3) is 0 Å². The molecule has 80 valence electrons. The van der Waals surface area contributed by atoms with Crippen LogP contribution in [0.5, 0.6) is 0 Å². The van der Waals surface area contributed by atoms with Crippen LogP contribution in [0, 0.1) is 0 Å². The van der Waals surface area contributed by atoms with Crippen molar-refractivity contribution < 1.29 is 4.79 Å². The summed E-state index contributed by atoms with van der Waals surface area (Å²) in [5, 5.41) is 0.743. The highest BCUT2D eigenvalue weighted by Crippen LogP contribution is 2.22. The Morgan fingerprint density at radius 2 is 1.69 bits per heavy atom. The molecule has 0 radical (unpaired) electrons. The molecule has 0 aliphatic carbocycles. The molecule has 1 aromatic heterocycles. The van der Waals surface area contributed by atoms with Gasteiger partial charge in [-0.3, -0.25) is 9.78 Å². The lowest BCUT2D eigenvalue weighted by molar-refractivity contribution is 0.103. The third-order valence-corrected chi connectivity index (χ3v) is 2.77. The van der Waals surface area contributed by atoms with Crippen LogP contribution < -0.4 is 0 Å². The molecule has 2 nitrogen and oxygen atoms in total. The van der Waals surface area contributed by atoms with Crippen LogP contribution in [0.4, 0.5) is 0 Å². The molecule has 0 N–H and O–H groups in total. The minimum Gasteiger partial charge on any atom is -0.288 e. The smallest absolute Gasteiger partial charge is 0.196 e. The van der Waals surface area contributed by atoms with Gasteiger partial charge in [-0.15, -0.1) is 0 Å². The molecule has 2 rings (SSSR count). The molecule has 1 aromatic carbocycles. The van der Waals surface area contributed by atoms with Gasteiger partial charge in [-0.25, -0.2) is 0 Å². The van der Waals surface area contributed by atoms with E-state index in [0.29, 0.717) is 21.2 Å². The average Bonchev–Trinajstić information content (AvgIpc) is 2.29. The number of pyridine rings is 1.